The van der Waals surface area contributed by atoms with Gasteiger partial charge in [0.2, 0.25) is 5.91 Å². The van der Waals surface area contributed by atoms with E-state index in [2.05, 4.69) is 0 Å². The lowest BCUT2D eigenvalue weighted by atomic mass is 10.0. The van der Waals surface area contributed by atoms with E-state index < -0.39 is 0 Å². The number of nitrogens with zero attached hydrogens (tertiary/aromatic N) is 1. The Kier molecular flexibility index (Phi) is 5.66. The van der Waals surface area contributed by atoms with Crippen LogP contribution < -0.4 is 5.73 Å². The monoisotopic (exact) mass is 316 g/mol. The van der Waals surface area contributed by atoms with E-state index in [0.29, 0.717) is 23.2 Å². The number of benzene rings is 1. The van der Waals surface area contributed by atoms with Crippen LogP contribution in [0.5, 0.6) is 0 Å². The van der Waals surface area contributed by atoms with Crippen LogP contribution in [0.15, 0.2) is 18.2 Å². The summed E-state index contributed by atoms with van der Waals surface area (Å²) < 4.78 is 5.22. The molecule has 0 spiro atoms. The predicted octanol–water partition coefficient (Wildman–Crippen LogP) is 2.63. The molecule has 6 heteroatoms. The highest BCUT2D eigenvalue weighted by Crippen LogP contribution is 2.34. The summed E-state index contributed by atoms with van der Waals surface area (Å²) in [5.74, 6) is -0.00739. The fraction of sp³-hybridized carbons (Fsp3) is 0.500. The number of amides is 1. The third kappa shape index (κ3) is 3.64. The molecule has 1 aliphatic heterocycles. The molecule has 1 heterocycles. The molecule has 110 valence electrons. The lowest BCUT2D eigenvalue weighted by Crippen LogP contribution is -2.34. The second-order valence-electron chi connectivity index (χ2n) is 4.76. The summed E-state index contributed by atoms with van der Waals surface area (Å²) in [7, 11) is 0. The number of rotatable bonds is 5. The Morgan fingerprint density at radius 2 is 2.20 bits per heavy atom. The van der Waals surface area contributed by atoms with Gasteiger partial charge in [-0.1, -0.05) is 29.3 Å². The van der Waals surface area contributed by atoms with Gasteiger partial charge in [-0.3, -0.25) is 4.79 Å². The fourth-order valence-corrected chi connectivity index (χ4v) is 2.76. The number of ether oxygens (including phenoxy) is 1. The maximum Gasteiger partial charge on any atom is 0.249 e. The minimum atomic E-state index is -0.00739. The molecule has 1 atom stereocenters. The lowest BCUT2D eigenvalue weighted by molar-refractivity contribution is -0.137. The van der Waals surface area contributed by atoms with Gasteiger partial charge in [-0.05, 0) is 30.5 Å². The molecule has 20 heavy (non-hydrogen) atoms. The van der Waals surface area contributed by atoms with E-state index in [1.54, 1.807) is 6.07 Å². The molecule has 0 bridgehead atoms. The average Bonchev–Trinajstić information content (AvgIpc) is 2.91. The SMILES string of the molecule is NCCOCC(=O)N1CCCC1c1ccc(Cl)c(Cl)c1. The number of likely N-dealkylation sites (tertiary alicyclic amines) is 1. The Bertz CT molecular complexity index is 482. The quantitative estimate of drug-likeness (QED) is 0.850. The Hall–Kier alpha value is -0.810. The van der Waals surface area contributed by atoms with Crippen molar-refractivity contribution in [3.8, 4) is 0 Å². The third-order valence-electron chi connectivity index (χ3n) is 3.39. The summed E-state index contributed by atoms with van der Waals surface area (Å²) in [6, 6.07) is 5.58. The van der Waals surface area contributed by atoms with E-state index in [-0.39, 0.29) is 18.6 Å². The van der Waals surface area contributed by atoms with E-state index in [4.69, 9.17) is 33.7 Å². The maximum absolute atomic E-state index is 12.2. The van der Waals surface area contributed by atoms with Gasteiger partial charge in [0.05, 0.1) is 22.7 Å². The Labute approximate surface area is 128 Å². The topological polar surface area (TPSA) is 55.6 Å². The van der Waals surface area contributed by atoms with Crippen LogP contribution >= 0.6 is 23.2 Å². The van der Waals surface area contributed by atoms with Crippen LogP contribution in [0.3, 0.4) is 0 Å². The van der Waals surface area contributed by atoms with Crippen molar-refractivity contribution in [3.05, 3.63) is 33.8 Å². The fourth-order valence-electron chi connectivity index (χ4n) is 2.46. The molecule has 1 amide bonds. The number of carbonyl (C=O) groups excluding carboxylic acids is 1. The van der Waals surface area contributed by atoms with Gasteiger partial charge in [-0.2, -0.15) is 0 Å². The summed E-state index contributed by atoms with van der Waals surface area (Å²) in [4.78, 5) is 14.0. The minimum Gasteiger partial charge on any atom is -0.370 e. The van der Waals surface area contributed by atoms with Gasteiger partial charge < -0.3 is 15.4 Å². The lowest BCUT2D eigenvalue weighted by Gasteiger charge is -2.25. The molecule has 1 fully saturated rings. The minimum absolute atomic E-state index is 0.00739. The summed E-state index contributed by atoms with van der Waals surface area (Å²) in [6.07, 6.45) is 1.91. The molecule has 1 aliphatic rings. The molecule has 0 aromatic heterocycles. The number of carbonyl (C=O) groups is 1. The molecule has 1 aromatic carbocycles. The van der Waals surface area contributed by atoms with Gasteiger partial charge >= 0.3 is 0 Å². The Morgan fingerprint density at radius 1 is 1.40 bits per heavy atom. The molecule has 1 unspecified atom stereocenters. The van der Waals surface area contributed by atoms with Crippen molar-refractivity contribution in [2.24, 2.45) is 5.73 Å². The van der Waals surface area contributed by atoms with Crippen LogP contribution in [0.1, 0.15) is 24.4 Å². The van der Waals surface area contributed by atoms with Crippen LogP contribution in [0, 0.1) is 0 Å². The van der Waals surface area contributed by atoms with Crippen molar-refractivity contribution in [1.29, 1.82) is 0 Å². The number of halogens is 2. The second-order valence-corrected chi connectivity index (χ2v) is 5.57. The molecule has 1 aromatic rings. The highest BCUT2D eigenvalue weighted by Gasteiger charge is 2.30. The zero-order chi connectivity index (χ0) is 14.5. The number of hydrogen-bond acceptors (Lipinski definition) is 3. The Balaban J connectivity index is 2.06. The number of nitrogens with two attached hydrogens (primary N) is 1. The molecule has 1 saturated heterocycles. The first-order chi connectivity index (χ1) is 9.63. The first kappa shape index (κ1) is 15.6. The highest BCUT2D eigenvalue weighted by atomic mass is 35.5. The van der Waals surface area contributed by atoms with E-state index in [1.807, 2.05) is 17.0 Å². The first-order valence-electron chi connectivity index (χ1n) is 6.65. The molecule has 2 N–H and O–H groups in total. The third-order valence-corrected chi connectivity index (χ3v) is 4.13. The molecule has 0 radical (unpaired) electrons. The molecule has 2 rings (SSSR count). The summed E-state index contributed by atoms with van der Waals surface area (Å²) in [6.45, 7) is 1.64. The summed E-state index contributed by atoms with van der Waals surface area (Å²) >= 11 is 12.0. The summed E-state index contributed by atoms with van der Waals surface area (Å²) in [5.41, 5.74) is 6.36. The van der Waals surface area contributed by atoms with E-state index in [9.17, 15) is 4.79 Å². The van der Waals surface area contributed by atoms with Gasteiger partial charge in [0.15, 0.2) is 0 Å². The standard InChI is InChI=1S/C14H18Cl2N2O2/c15-11-4-3-10(8-12(11)16)13-2-1-6-18(13)14(19)9-20-7-5-17/h3-4,8,13H,1-2,5-7,9,17H2. The van der Waals surface area contributed by atoms with Gasteiger partial charge in [-0.25, -0.2) is 0 Å². The van der Waals surface area contributed by atoms with Crippen LogP contribution in [0.2, 0.25) is 10.0 Å². The van der Waals surface area contributed by atoms with Crippen molar-refractivity contribution in [2.75, 3.05) is 26.3 Å². The van der Waals surface area contributed by atoms with Crippen molar-refractivity contribution >= 4 is 29.1 Å². The smallest absolute Gasteiger partial charge is 0.249 e. The Morgan fingerprint density at radius 3 is 2.90 bits per heavy atom. The predicted molar refractivity (Wildman–Crippen MR) is 80.0 cm³/mol. The van der Waals surface area contributed by atoms with Crippen LogP contribution in [0.25, 0.3) is 0 Å². The van der Waals surface area contributed by atoms with E-state index in [1.165, 1.54) is 0 Å². The molecule has 4 nitrogen and oxygen atoms in total. The zero-order valence-corrected chi connectivity index (χ0v) is 12.7. The van der Waals surface area contributed by atoms with Crippen molar-refractivity contribution < 1.29 is 9.53 Å². The largest absolute Gasteiger partial charge is 0.370 e. The molecule has 0 saturated carbocycles. The van der Waals surface area contributed by atoms with E-state index >= 15 is 0 Å². The van der Waals surface area contributed by atoms with Gasteiger partial charge in [0, 0.05) is 13.1 Å². The maximum atomic E-state index is 12.2. The van der Waals surface area contributed by atoms with Crippen LogP contribution in [-0.4, -0.2) is 37.1 Å². The van der Waals surface area contributed by atoms with Crippen LogP contribution in [-0.2, 0) is 9.53 Å². The van der Waals surface area contributed by atoms with Crippen molar-refractivity contribution in [3.63, 3.8) is 0 Å². The van der Waals surface area contributed by atoms with Crippen molar-refractivity contribution in [1.82, 2.24) is 4.90 Å². The average molecular weight is 317 g/mol. The van der Waals surface area contributed by atoms with E-state index in [0.717, 1.165) is 24.9 Å². The normalized spacial score (nSPS) is 18.6. The van der Waals surface area contributed by atoms with Crippen molar-refractivity contribution in [2.45, 2.75) is 18.9 Å². The highest BCUT2D eigenvalue weighted by molar-refractivity contribution is 6.42. The first-order valence-corrected chi connectivity index (χ1v) is 7.41. The summed E-state index contributed by atoms with van der Waals surface area (Å²) in [5, 5.41) is 1.04. The van der Waals surface area contributed by atoms with Gasteiger partial charge in [0.25, 0.3) is 0 Å². The molecule has 0 aliphatic carbocycles. The molecular weight excluding hydrogens is 299 g/mol. The van der Waals surface area contributed by atoms with Gasteiger partial charge in [0.1, 0.15) is 6.61 Å². The molecular formula is C14H18Cl2N2O2. The second kappa shape index (κ2) is 7.27. The zero-order valence-electron chi connectivity index (χ0n) is 11.1. The van der Waals surface area contributed by atoms with Gasteiger partial charge in [-0.15, -0.1) is 0 Å². The van der Waals surface area contributed by atoms with Crippen LogP contribution in [0.4, 0.5) is 0 Å². The number of hydrogen-bond donors (Lipinski definition) is 1.